The number of fused-ring (bicyclic) bond motifs is 3. The van der Waals surface area contributed by atoms with E-state index >= 15 is 0 Å². The van der Waals surface area contributed by atoms with Crippen molar-refractivity contribution in [1.82, 2.24) is 4.57 Å². The van der Waals surface area contributed by atoms with Gasteiger partial charge >= 0.3 is 5.97 Å². The molecule has 1 atom stereocenters. The molecule has 1 N–H and O–H groups in total. The quantitative estimate of drug-likeness (QED) is 0.0433. The number of methoxy groups -OCH3 is 2. The summed E-state index contributed by atoms with van der Waals surface area (Å²) in [5, 5.41) is 17.2. The molecule has 8 heteroatoms. The van der Waals surface area contributed by atoms with Gasteiger partial charge in [0.05, 0.1) is 5.71 Å². The van der Waals surface area contributed by atoms with Gasteiger partial charge in [-0.15, -0.1) is 0 Å². The summed E-state index contributed by atoms with van der Waals surface area (Å²) in [6.45, 7) is 6.22. The fraction of sp³-hybridized carbons (Fsp3) is 0.382. The van der Waals surface area contributed by atoms with Gasteiger partial charge in [-0.1, -0.05) is 73.8 Å². The van der Waals surface area contributed by atoms with Crippen LogP contribution in [0.2, 0.25) is 0 Å². The topological polar surface area (TPSA) is 99.4 Å². The van der Waals surface area contributed by atoms with Gasteiger partial charge in [0.1, 0.15) is 6.10 Å². The van der Waals surface area contributed by atoms with E-state index in [4.69, 9.17) is 14.3 Å². The SMILES string of the molecule is CCCCCC/C(=N\OC(C)=O)C(O)c1ccc2c(c1)c1cc(C(OC)(OC)C(=O)c3ccccc3)ccc1n2CC. The molecule has 0 bridgehead atoms. The van der Waals surface area contributed by atoms with Crippen molar-refractivity contribution >= 4 is 39.3 Å². The predicted octanol–water partition coefficient (Wildman–Crippen LogP) is 7.07. The highest BCUT2D eigenvalue weighted by Crippen LogP contribution is 2.37. The number of benzene rings is 3. The van der Waals surface area contributed by atoms with Crippen molar-refractivity contribution in [3.63, 3.8) is 0 Å². The molecule has 3 aromatic carbocycles. The van der Waals surface area contributed by atoms with Crippen LogP contribution in [0.3, 0.4) is 0 Å². The van der Waals surface area contributed by atoms with Crippen LogP contribution in [0.5, 0.6) is 0 Å². The van der Waals surface area contributed by atoms with E-state index in [1.807, 2.05) is 42.5 Å². The van der Waals surface area contributed by atoms with Crippen LogP contribution in [-0.2, 0) is 31.4 Å². The monoisotopic (exact) mass is 572 g/mol. The molecule has 42 heavy (non-hydrogen) atoms. The predicted molar refractivity (Wildman–Crippen MR) is 165 cm³/mol. The highest BCUT2D eigenvalue weighted by Gasteiger charge is 2.42. The zero-order valence-corrected chi connectivity index (χ0v) is 25.1. The van der Waals surface area contributed by atoms with Crippen molar-refractivity contribution in [3.8, 4) is 0 Å². The Hall–Kier alpha value is -3.85. The van der Waals surface area contributed by atoms with Crippen LogP contribution < -0.4 is 0 Å². The van der Waals surface area contributed by atoms with Gasteiger partial charge < -0.3 is 24.0 Å². The number of aliphatic hydroxyl groups is 1. The summed E-state index contributed by atoms with van der Waals surface area (Å²) in [5.74, 6) is -2.49. The maximum absolute atomic E-state index is 13.7. The molecule has 4 rings (SSSR count). The molecule has 0 saturated heterocycles. The van der Waals surface area contributed by atoms with Crippen molar-refractivity contribution in [2.45, 2.75) is 71.3 Å². The Bertz CT molecular complexity index is 1570. The van der Waals surface area contributed by atoms with Crippen LogP contribution in [0.25, 0.3) is 21.8 Å². The minimum Gasteiger partial charge on any atom is -0.382 e. The highest BCUT2D eigenvalue weighted by molar-refractivity contribution is 6.10. The van der Waals surface area contributed by atoms with Crippen LogP contribution in [0.4, 0.5) is 0 Å². The number of unbranched alkanes of at least 4 members (excludes halogenated alkanes) is 3. The van der Waals surface area contributed by atoms with Crippen molar-refractivity contribution in [3.05, 3.63) is 83.4 Å². The average molecular weight is 573 g/mol. The van der Waals surface area contributed by atoms with E-state index in [0.29, 0.717) is 28.8 Å². The van der Waals surface area contributed by atoms with E-state index < -0.39 is 17.9 Å². The summed E-state index contributed by atoms with van der Waals surface area (Å²) in [6.07, 6.45) is 3.46. The maximum atomic E-state index is 13.7. The Labute approximate surface area is 246 Å². The van der Waals surface area contributed by atoms with E-state index in [-0.39, 0.29) is 5.78 Å². The van der Waals surface area contributed by atoms with Crippen molar-refractivity contribution in [2.24, 2.45) is 5.16 Å². The number of oxime groups is 1. The lowest BCUT2D eigenvalue weighted by molar-refractivity contribution is -0.176. The number of rotatable bonds is 14. The first-order chi connectivity index (χ1) is 20.3. The second-order valence-electron chi connectivity index (χ2n) is 10.4. The minimum absolute atomic E-state index is 0.308. The number of nitrogens with zero attached hydrogens (tertiary/aromatic N) is 2. The van der Waals surface area contributed by atoms with E-state index in [1.54, 1.807) is 24.3 Å². The Morgan fingerprint density at radius 2 is 1.57 bits per heavy atom. The summed E-state index contributed by atoms with van der Waals surface area (Å²) < 4.78 is 13.8. The molecule has 0 radical (unpaired) electrons. The lowest BCUT2D eigenvalue weighted by Crippen LogP contribution is -2.40. The van der Waals surface area contributed by atoms with Gasteiger partial charge in [0, 0.05) is 60.6 Å². The molecule has 0 fully saturated rings. The highest BCUT2D eigenvalue weighted by atomic mass is 16.7. The second kappa shape index (κ2) is 13.9. The van der Waals surface area contributed by atoms with E-state index in [9.17, 15) is 14.7 Å². The molecule has 1 aromatic heterocycles. The number of aromatic nitrogens is 1. The standard InChI is InChI=1S/C34H40N2O6/c1-6-8-9-13-16-29(35-42-23(3)37)32(38)25-17-19-30-27(21-25)28-22-26(18-20-31(28)36(30)7-2)34(40-4,41-5)33(39)24-14-11-10-12-15-24/h10-12,14-15,17-22,32,38H,6-9,13,16H2,1-5H3/b35-29+. The molecule has 0 amide bonds. The van der Waals surface area contributed by atoms with Crippen LogP contribution in [-0.4, -0.2) is 41.4 Å². The van der Waals surface area contributed by atoms with Gasteiger partial charge in [0.15, 0.2) is 0 Å². The van der Waals surface area contributed by atoms with Gasteiger partial charge in [0.2, 0.25) is 5.78 Å². The lowest BCUT2D eigenvalue weighted by Gasteiger charge is -2.30. The first kappa shape index (κ1) is 31.1. The molecular weight excluding hydrogens is 532 g/mol. The fourth-order valence-corrected chi connectivity index (χ4v) is 5.53. The molecule has 0 saturated carbocycles. The Balaban J connectivity index is 1.82. The largest absolute Gasteiger partial charge is 0.382 e. The third-order valence-electron chi connectivity index (χ3n) is 7.70. The number of hydrogen-bond acceptors (Lipinski definition) is 7. The average Bonchev–Trinajstić information content (AvgIpc) is 3.33. The summed E-state index contributed by atoms with van der Waals surface area (Å²) in [6, 6.07) is 20.5. The molecule has 0 aliphatic rings. The number of ether oxygens (including phenoxy) is 2. The summed E-state index contributed by atoms with van der Waals surface area (Å²) in [7, 11) is 2.92. The van der Waals surface area contributed by atoms with Crippen molar-refractivity contribution in [2.75, 3.05) is 14.2 Å². The number of aryl methyl sites for hydroxylation is 1. The van der Waals surface area contributed by atoms with Gasteiger partial charge in [-0.2, -0.15) is 0 Å². The molecular formula is C34H40N2O6. The maximum Gasteiger partial charge on any atom is 0.331 e. The smallest absolute Gasteiger partial charge is 0.331 e. The van der Waals surface area contributed by atoms with E-state index in [1.165, 1.54) is 21.1 Å². The number of carbonyl (C=O) groups excluding carboxylic acids is 2. The number of carbonyl (C=O) groups is 2. The fourth-order valence-electron chi connectivity index (χ4n) is 5.53. The minimum atomic E-state index is -1.64. The molecule has 0 aliphatic heterocycles. The van der Waals surface area contributed by atoms with Gasteiger partial charge in [-0.05, 0) is 49.6 Å². The van der Waals surface area contributed by atoms with Crippen LogP contribution in [0.1, 0.15) is 80.5 Å². The lowest BCUT2D eigenvalue weighted by atomic mass is 9.94. The third kappa shape index (κ3) is 6.16. The summed E-state index contributed by atoms with van der Waals surface area (Å²) in [5.41, 5.74) is 4.03. The molecule has 1 heterocycles. The van der Waals surface area contributed by atoms with Crippen LogP contribution in [0, 0.1) is 0 Å². The molecule has 1 unspecified atom stereocenters. The zero-order chi connectivity index (χ0) is 30.3. The molecule has 4 aromatic rings. The zero-order valence-electron chi connectivity index (χ0n) is 25.1. The van der Waals surface area contributed by atoms with Gasteiger partial charge in [-0.25, -0.2) is 4.79 Å². The van der Waals surface area contributed by atoms with E-state index in [0.717, 1.165) is 54.0 Å². The van der Waals surface area contributed by atoms with Gasteiger partial charge in [-0.3, -0.25) is 4.79 Å². The number of Topliss-reactive ketones (excluding diaryl/α,β-unsaturated/α-hetero) is 1. The molecule has 8 nitrogen and oxygen atoms in total. The Morgan fingerprint density at radius 1 is 0.905 bits per heavy atom. The molecule has 222 valence electrons. The van der Waals surface area contributed by atoms with Crippen LogP contribution in [0.15, 0.2) is 71.9 Å². The third-order valence-corrected chi connectivity index (χ3v) is 7.70. The summed E-state index contributed by atoms with van der Waals surface area (Å²) >= 11 is 0. The number of hydrogen-bond donors (Lipinski definition) is 1. The number of aliphatic hydroxyl groups excluding tert-OH is 1. The molecule has 0 aliphatic carbocycles. The number of ketones is 1. The van der Waals surface area contributed by atoms with Crippen molar-refractivity contribution in [1.29, 1.82) is 0 Å². The first-order valence-electron chi connectivity index (χ1n) is 14.5. The van der Waals surface area contributed by atoms with Gasteiger partial charge in [0.25, 0.3) is 5.79 Å². The van der Waals surface area contributed by atoms with Crippen LogP contribution >= 0.6 is 0 Å². The molecule has 0 spiro atoms. The Kier molecular flexibility index (Phi) is 10.3. The summed E-state index contributed by atoms with van der Waals surface area (Å²) in [4.78, 5) is 30.1. The second-order valence-corrected chi connectivity index (χ2v) is 10.4. The van der Waals surface area contributed by atoms with E-state index in [2.05, 4.69) is 23.6 Å². The Morgan fingerprint density at radius 3 is 2.19 bits per heavy atom. The normalized spacial score (nSPS) is 13.0. The van der Waals surface area contributed by atoms with Crippen molar-refractivity contribution < 1.29 is 29.0 Å². The first-order valence-corrected chi connectivity index (χ1v) is 14.5.